The Labute approximate surface area is 209 Å². The molecule has 1 aliphatic heterocycles. The zero-order chi connectivity index (χ0) is 25.1. The van der Waals surface area contributed by atoms with E-state index in [1.807, 2.05) is 62.4 Å². The Morgan fingerprint density at radius 1 is 1.00 bits per heavy atom. The minimum Gasteiger partial charge on any atom is -0.508 e. The Morgan fingerprint density at radius 3 is 2.47 bits per heavy atom. The quantitative estimate of drug-likeness (QED) is 0.398. The van der Waals surface area contributed by atoms with Crippen LogP contribution in [0.3, 0.4) is 0 Å². The molecule has 0 radical (unpaired) electrons. The minimum atomic E-state index is -0.265. The number of anilines is 1. The molecule has 2 aromatic carbocycles. The fourth-order valence-electron chi connectivity index (χ4n) is 4.26. The summed E-state index contributed by atoms with van der Waals surface area (Å²) in [6.45, 7) is 7.21. The highest BCUT2D eigenvalue weighted by Crippen LogP contribution is 2.40. The van der Waals surface area contributed by atoms with Gasteiger partial charge in [0.25, 0.3) is 0 Å². The first kappa shape index (κ1) is 23.6. The van der Waals surface area contributed by atoms with Crippen molar-refractivity contribution in [2.24, 2.45) is 0 Å². The number of benzene rings is 2. The molecule has 0 amide bonds. The molecule has 1 fully saturated rings. The summed E-state index contributed by atoms with van der Waals surface area (Å²) in [5.41, 5.74) is 2.95. The molecule has 36 heavy (non-hydrogen) atoms. The van der Waals surface area contributed by atoms with Crippen LogP contribution in [-0.2, 0) is 11.3 Å². The number of morpholine rings is 1. The maximum absolute atomic E-state index is 10.7. The van der Waals surface area contributed by atoms with Gasteiger partial charge in [-0.1, -0.05) is 49.3 Å². The van der Waals surface area contributed by atoms with Crippen LogP contribution in [0.2, 0.25) is 0 Å². The van der Waals surface area contributed by atoms with E-state index >= 15 is 0 Å². The number of ether oxygens (including phenoxy) is 2. The zero-order valence-electron chi connectivity index (χ0n) is 20.3. The summed E-state index contributed by atoms with van der Waals surface area (Å²) < 4.78 is 13.1. The first-order chi connectivity index (χ1) is 17.5. The molecule has 1 saturated heterocycles. The number of nitrogens with zero attached hydrogens (tertiary/aromatic N) is 5. The summed E-state index contributed by atoms with van der Waals surface area (Å²) in [4.78, 5) is 6.76. The normalized spacial score (nSPS) is 13.8. The van der Waals surface area contributed by atoms with Crippen molar-refractivity contribution >= 4 is 5.82 Å². The number of pyridine rings is 1. The number of rotatable bonds is 7. The molecule has 9 nitrogen and oxygen atoms in total. The van der Waals surface area contributed by atoms with Crippen molar-refractivity contribution in [3.8, 4) is 34.6 Å². The highest BCUT2D eigenvalue weighted by Gasteiger charge is 2.22. The molecule has 5 rings (SSSR count). The zero-order valence-corrected chi connectivity index (χ0v) is 20.3. The SMILES string of the molecule is CC(C)c1cc(-c2nnc(O)n2-c2ccc(N3CCOCC3)nc2)c(OCc2ccccc2)cc1O. The highest BCUT2D eigenvalue weighted by atomic mass is 16.5. The molecule has 0 atom stereocenters. The van der Waals surface area contributed by atoms with Gasteiger partial charge in [-0.2, -0.15) is 0 Å². The average molecular weight is 488 g/mol. The molecule has 2 N–H and O–H groups in total. The summed E-state index contributed by atoms with van der Waals surface area (Å²) in [7, 11) is 0. The van der Waals surface area contributed by atoms with E-state index in [0.29, 0.717) is 42.6 Å². The van der Waals surface area contributed by atoms with Crippen LogP contribution in [0.1, 0.15) is 30.9 Å². The second-order valence-corrected chi connectivity index (χ2v) is 8.97. The molecule has 0 aliphatic carbocycles. The number of phenolic OH excluding ortho intramolecular Hbond substituents is 1. The number of phenols is 1. The summed E-state index contributed by atoms with van der Waals surface area (Å²) >= 11 is 0. The molecule has 0 spiro atoms. The van der Waals surface area contributed by atoms with Crippen molar-refractivity contribution < 1.29 is 19.7 Å². The van der Waals surface area contributed by atoms with Gasteiger partial charge in [0.1, 0.15) is 23.9 Å². The molecule has 0 unspecified atom stereocenters. The maximum Gasteiger partial charge on any atom is 0.319 e. The van der Waals surface area contributed by atoms with Gasteiger partial charge in [-0.25, -0.2) is 9.55 Å². The second kappa shape index (κ2) is 10.2. The number of aromatic nitrogens is 4. The third-order valence-electron chi connectivity index (χ3n) is 6.20. The van der Waals surface area contributed by atoms with Crippen molar-refractivity contribution in [2.45, 2.75) is 26.4 Å². The Morgan fingerprint density at radius 2 is 1.78 bits per heavy atom. The van der Waals surface area contributed by atoms with E-state index in [4.69, 9.17) is 9.47 Å². The van der Waals surface area contributed by atoms with E-state index in [1.165, 1.54) is 4.57 Å². The van der Waals surface area contributed by atoms with E-state index < -0.39 is 0 Å². The second-order valence-electron chi connectivity index (χ2n) is 8.97. The van der Waals surface area contributed by atoms with Crippen LogP contribution in [-0.4, -0.2) is 56.3 Å². The number of hydrogen-bond acceptors (Lipinski definition) is 8. The monoisotopic (exact) mass is 487 g/mol. The summed E-state index contributed by atoms with van der Waals surface area (Å²) in [6.07, 6.45) is 1.69. The lowest BCUT2D eigenvalue weighted by atomic mass is 9.98. The minimum absolute atomic E-state index is 0.0614. The van der Waals surface area contributed by atoms with Gasteiger partial charge in [-0.05, 0) is 35.2 Å². The fraction of sp³-hybridized carbons (Fsp3) is 0.296. The smallest absolute Gasteiger partial charge is 0.319 e. The highest BCUT2D eigenvalue weighted by molar-refractivity contribution is 5.70. The van der Waals surface area contributed by atoms with E-state index in [0.717, 1.165) is 30.0 Å². The number of hydrogen-bond donors (Lipinski definition) is 2. The van der Waals surface area contributed by atoms with Crippen LogP contribution < -0.4 is 9.64 Å². The summed E-state index contributed by atoms with van der Waals surface area (Å²) in [5.74, 6) is 1.87. The molecule has 0 saturated carbocycles. The first-order valence-electron chi connectivity index (χ1n) is 12.0. The molecular formula is C27H29N5O4. The third-order valence-corrected chi connectivity index (χ3v) is 6.20. The van der Waals surface area contributed by atoms with Crippen molar-refractivity contribution in [2.75, 3.05) is 31.2 Å². The van der Waals surface area contributed by atoms with Gasteiger partial charge in [-0.15, -0.1) is 5.10 Å². The lowest BCUT2D eigenvalue weighted by molar-refractivity contribution is 0.122. The Balaban J connectivity index is 1.53. The lowest BCUT2D eigenvalue weighted by Gasteiger charge is -2.27. The molecule has 4 aromatic rings. The van der Waals surface area contributed by atoms with Crippen LogP contribution in [0.5, 0.6) is 17.5 Å². The molecule has 1 aliphatic rings. The Bertz CT molecular complexity index is 1320. The van der Waals surface area contributed by atoms with Gasteiger partial charge < -0.3 is 24.6 Å². The fourth-order valence-corrected chi connectivity index (χ4v) is 4.26. The van der Waals surface area contributed by atoms with Crippen LogP contribution in [0.15, 0.2) is 60.8 Å². The first-order valence-corrected chi connectivity index (χ1v) is 12.0. The van der Waals surface area contributed by atoms with E-state index in [1.54, 1.807) is 12.3 Å². The van der Waals surface area contributed by atoms with E-state index in [9.17, 15) is 10.2 Å². The van der Waals surface area contributed by atoms with Crippen LogP contribution in [0.4, 0.5) is 5.82 Å². The van der Waals surface area contributed by atoms with Gasteiger partial charge in [0.15, 0.2) is 5.82 Å². The summed E-state index contributed by atoms with van der Waals surface area (Å²) in [6, 6.07) is 16.7. The maximum atomic E-state index is 10.7. The topological polar surface area (TPSA) is 106 Å². The van der Waals surface area contributed by atoms with Gasteiger partial charge in [-0.3, -0.25) is 0 Å². The molecular weight excluding hydrogens is 458 g/mol. The summed E-state index contributed by atoms with van der Waals surface area (Å²) in [5, 5.41) is 29.5. The molecule has 186 valence electrons. The predicted octanol–water partition coefficient (Wildman–Crippen LogP) is 4.28. The van der Waals surface area contributed by atoms with Gasteiger partial charge >= 0.3 is 6.01 Å². The van der Waals surface area contributed by atoms with Crippen molar-refractivity contribution in [3.63, 3.8) is 0 Å². The standard InChI is InChI=1S/C27H29N5O4/c1-18(2)21-14-22(24(15-23(21)33)36-17-19-6-4-3-5-7-19)26-29-30-27(34)32(26)20-8-9-25(28-16-20)31-10-12-35-13-11-31/h3-9,14-16,18,33H,10-13,17H2,1-2H3,(H,30,34). The molecule has 3 heterocycles. The van der Waals surface area contributed by atoms with Gasteiger partial charge in [0, 0.05) is 19.2 Å². The average Bonchev–Trinajstić information content (AvgIpc) is 3.29. The van der Waals surface area contributed by atoms with E-state index in [-0.39, 0.29) is 17.7 Å². The predicted molar refractivity (Wildman–Crippen MR) is 136 cm³/mol. The van der Waals surface area contributed by atoms with Gasteiger partial charge in [0.2, 0.25) is 0 Å². The van der Waals surface area contributed by atoms with Crippen molar-refractivity contribution in [1.82, 2.24) is 19.7 Å². The Hall–Kier alpha value is -4.11. The molecule has 2 aromatic heterocycles. The van der Waals surface area contributed by atoms with Crippen LogP contribution in [0, 0.1) is 0 Å². The van der Waals surface area contributed by atoms with E-state index in [2.05, 4.69) is 20.1 Å². The Kier molecular flexibility index (Phi) is 6.73. The van der Waals surface area contributed by atoms with Crippen molar-refractivity contribution in [1.29, 1.82) is 0 Å². The van der Waals surface area contributed by atoms with Gasteiger partial charge in [0.05, 0.1) is 30.7 Å². The third kappa shape index (κ3) is 4.83. The van der Waals surface area contributed by atoms with Crippen LogP contribution >= 0.6 is 0 Å². The number of aromatic hydroxyl groups is 2. The van der Waals surface area contributed by atoms with Crippen LogP contribution in [0.25, 0.3) is 17.1 Å². The molecule has 0 bridgehead atoms. The van der Waals surface area contributed by atoms with Crippen molar-refractivity contribution in [3.05, 3.63) is 71.9 Å². The largest absolute Gasteiger partial charge is 0.508 e. The molecule has 9 heteroatoms. The lowest BCUT2D eigenvalue weighted by Crippen LogP contribution is -2.36.